The van der Waals surface area contributed by atoms with E-state index in [0.717, 1.165) is 24.5 Å². The van der Waals surface area contributed by atoms with Crippen LogP contribution in [0.25, 0.3) is 0 Å². The van der Waals surface area contributed by atoms with Gasteiger partial charge in [-0.1, -0.05) is 24.1 Å². The lowest BCUT2D eigenvalue weighted by atomic mass is 10.1. The van der Waals surface area contributed by atoms with Gasteiger partial charge in [0.15, 0.2) is 5.84 Å². The van der Waals surface area contributed by atoms with Gasteiger partial charge in [-0.3, -0.25) is 0 Å². The van der Waals surface area contributed by atoms with Gasteiger partial charge < -0.3 is 20.4 Å². The zero-order valence-corrected chi connectivity index (χ0v) is 11.1. The maximum atomic E-state index is 8.69. The van der Waals surface area contributed by atoms with Crippen molar-refractivity contribution in [1.82, 2.24) is 0 Å². The summed E-state index contributed by atoms with van der Waals surface area (Å²) in [6, 6.07) is 5.52. The van der Waals surface area contributed by atoms with Gasteiger partial charge in [-0.15, -0.1) is 0 Å². The van der Waals surface area contributed by atoms with Gasteiger partial charge in [0.2, 0.25) is 0 Å². The molecule has 0 radical (unpaired) electrons. The number of hydrogen-bond donors (Lipinski definition) is 2. The van der Waals surface area contributed by atoms with Crippen molar-refractivity contribution in [2.45, 2.75) is 25.9 Å². The number of nitrogens with two attached hydrogens (primary N) is 1. The van der Waals surface area contributed by atoms with Crippen molar-refractivity contribution in [1.29, 1.82) is 0 Å². The Kier molecular flexibility index (Phi) is 4.63. The van der Waals surface area contributed by atoms with Gasteiger partial charge in [0.25, 0.3) is 0 Å². The second kappa shape index (κ2) is 6.43. The van der Waals surface area contributed by atoms with E-state index in [-0.39, 0.29) is 5.84 Å². The first kappa shape index (κ1) is 13.7. The van der Waals surface area contributed by atoms with Crippen molar-refractivity contribution in [3.8, 4) is 5.75 Å². The Morgan fingerprint density at radius 2 is 2.26 bits per heavy atom. The van der Waals surface area contributed by atoms with Crippen LogP contribution in [-0.2, 0) is 11.3 Å². The molecule has 1 aromatic rings. The summed E-state index contributed by atoms with van der Waals surface area (Å²) in [6.45, 7) is 1.36. The lowest BCUT2D eigenvalue weighted by molar-refractivity contribution is 0.115. The van der Waals surface area contributed by atoms with Gasteiger partial charge in [0, 0.05) is 6.61 Å². The van der Waals surface area contributed by atoms with E-state index in [2.05, 4.69) is 5.16 Å². The fourth-order valence-electron chi connectivity index (χ4n) is 1.94. The summed E-state index contributed by atoms with van der Waals surface area (Å²) in [5, 5.41) is 11.7. The third-order valence-electron chi connectivity index (χ3n) is 3.29. The Morgan fingerprint density at radius 3 is 2.89 bits per heavy atom. The van der Waals surface area contributed by atoms with E-state index in [4.69, 9.17) is 20.4 Å². The molecule has 1 aliphatic rings. The molecule has 0 bridgehead atoms. The summed E-state index contributed by atoms with van der Waals surface area (Å²) in [7, 11) is 1.56. The standard InChI is InChI=1S/C14H20N2O3/c1-18-13-8-11(4-5-12(13)14(15)16-17)9-19-7-6-10-2-3-10/h4-5,8,10,17H,2-3,6-7,9H2,1H3,(H2,15,16). The molecule has 1 aliphatic carbocycles. The van der Waals surface area contributed by atoms with Crippen LogP contribution in [0.5, 0.6) is 5.75 Å². The summed E-state index contributed by atoms with van der Waals surface area (Å²) < 4.78 is 10.9. The van der Waals surface area contributed by atoms with Crippen LogP contribution in [0.15, 0.2) is 23.4 Å². The molecule has 0 saturated heterocycles. The van der Waals surface area contributed by atoms with Gasteiger partial charge in [-0.25, -0.2) is 0 Å². The summed E-state index contributed by atoms with van der Waals surface area (Å²) in [6.07, 6.45) is 3.86. The largest absolute Gasteiger partial charge is 0.496 e. The minimum absolute atomic E-state index is 0.0399. The van der Waals surface area contributed by atoms with Gasteiger partial charge in [0.05, 0.1) is 19.3 Å². The fraction of sp³-hybridized carbons (Fsp3) is 0.500. The molecule has 0 amide bonds. The van der Waals surface area contributed by atoms with Crippen LogP contribution in [0.4, 0.5) is 0 Å². The van der Waals surface area contributed by atoms with Crippen LogP contribution in [0.3, 0.4) is 0 Å². The minimum Gasteiger partial charge on any atom is -0.496 e. The van der Waals surface area contributed by atoms with E-state index in [9.17, 15) is 0 Å². The molecule has 5 nitrogen and oxygen atoms in total. The molecule has 3 N–H and O–H groups in total. The predicted molar refractivity (Wildman–Crippen MR) is 72.5 cm³/mol. The lowest BCUT2D eigenvalue weighted by Gasteiger charge is -2.10. The molecule has 1 fully saturated rings. The topological polar surface area (TPSA) is 77.1 Å². The second-order valence-corrected chi connectivity index (χ2v) is 4.80. The first-order chi connectivity index (χ1) is 9.24. The molecule has 2 rings (SSSR count). The zero-order chi connectivity index (χ0) is 13.7. The monoisotopic (exact) mass is 264 g/mol. The Bertz CT molecular complexity index is 456. The highest BCUT2D eigenvalue weighted by molar-refractivity contribution is 5.99. The SMILES string of the molecule is COc1cc(COCCC2CC2)ccc1/C(N)=N/O. The molecular weight excluding hydrogens is 244 g/mol. The zero-order valence-electron chi connectivity index (χ0n) is 11.1. The molecule has 0 atom stereocenters. The molecule has 1 aromatic carbocycles. The Labute approximate surface area is 113 Å². The molecule has 0 unspecified atom stereocenters. The number of rotatable bonds is 7. The summed E-state index contributed by atoms with van der Waals surface area (Å²) in [4.78, 5) is 0. The van der Waals surface area contributed by atoms with E-state index in [0.29, 0.717) is 17.9 Å². The van der Waals surface area contributed by atoms with Crippen molar-refractivity contribution in [3.05, 3.63) is 29.3 Å². The first-order valence-corrected chi connectivity index (χ1v) is 6.47. The Hall–Kier alpha value is -1.75. The normalized spacial score (nSPS) is 15.5. The predicted octanol–water partition coefficient (Wildman–Crippen LogP) is 2.11. The Balaban J connectivity index is 1.93. The fourth-order valence-corrected chi connectivity index (χ4v) is 1.94. The first-order valence-electron chi connectivity index (χ1n) is 6.47. The molecule has 0 aromatic heterocycles. The highest BCUT2D eigenvalue weighted by atomic mass is 16.5. The van der Waals surface area contributed by atoms with Gasteiger partial charge in [-0.05, 0) is 30.0 Å². The van der Waals surface area contributed by atoms with Gasteiger partial charge in [-0.2, -0.15) is 0 Å². The molecule has 1 saturated carbocycles. The second-order valence-electron chi connectivity index (χ2n) is 4.80. The van der Waals surface area contributed by atoms with E-state index < -0.39 is 0 Å². The third-order valence-corrected chi connectivity index (χ3v) is 3.29. The molecule has 5 heteroatoms. The van der Waals surface area contributed by atoms with Crippen molar-refractivity contribution >= 4 is 5.84 Å². The van der Waals surface area contributed by atoms with Crippen LogP contribution < -0.4 is 10.5 Å². The summed E-state index contributed by atoms with van der Waals surface area (Å²) in [5.41, 5.74) is 7.16. The number of nitrogens with zero attached hydrogens (tertiary/aromatic N) is 1. The summed E-state index contributed by atoms with van der Waals surface area (Å²) >= 11 is 0. The van der Waals surface area contributed by atoms with E-state index in [1.807, 2.05) is 12.1 Å². The number of oxime groups is 1. The maximum Gasteiger partial charge on any atom is 0.173 e. The van der Waals surface area contributed by atoms with Gasteiger partial charge in [0.1, 0.15) is 5.75 Å². The van der Waals surface area contributed by atoms with Crippen LogP contribution in [0.1, 0.15) is 30.4 Å². The average molecular weight is 264 g/mol. The highest BCUT2D eigenvalue weighted by Gasteiger charge is 2.20. The van der Waals surface area contributed by atoms with Crippen LogP contribution in [-0.4, -0.2) is 24.8 Å². The number of benzene rings is 1. The van der Waals surface area contributed by atoms with Crippen molar-refractivity contribution in [2.24, 2.45) is 16.8 Å². The number of hydrogen-bond acceptors (Lipinski definition) is 4. The third kappa shape index (κ3) is 3.86. The molecule has 104 valence electrons. The number of ether oxygens (including phenoxy) is 2. The quantitative estimate of drug-likeness (QED) is 0.260. The number of methoxy groups -OCH3 is 1. The van der Waals surface area contributed by atoms with Crippen molar-refractivity contribution in [2.75, 3.05) is 13.7 Å². The smallest absolute Gasteiger partial charge is 0.173 e. The van der Waals surface area contributed by atoms with E-state index in [1.165, 1.54) is 12.8 Å². The van der Waals surface area contributed by atoms with Crippen LogP contribution >= 0.6 is 0 Å². The molecule has 19 heavy (non-hydrogen) atoms. The van der Waals surface area contributed by atoms with Crippen molar-refractivity contribution < 1.29 is 14.7 Å². The summed E-state index contributed by atoms with van der Waals surface area (Å²) in [5.74, 6) is 1.51. The maximum absolute atomic E-state index is 8.69. The molecule has 0 spiro atoms. The van der Waals surface area contributed by atoms with E-state index in [1.54, 1.807) is 13.2 Å². The van der Waals surface area contributed by atoms with Crippen molar-refractivity contribution in [3.63, 3.8) is 0 Å². The molecule has 0 heterocycles. The van der Waals surface area contributed by atoms with Gasteiger partial charge >= 0.3 is 0 Å². The average Bonchev–Trinajstić information content (AvgIpc) is 3.26. The molecular formula is C14H20N2O3. The van der Waals surface area contributed by atoms with Crippen LogP contribution in [0.2, 0.25) is 0 Å². The van der Waals surface area contributed by atoms with Crippen LogP contribution in [0, 0.1) is 5.92 Å². The minimum atomic E-state index is 0.0399. The highest BCUT2D eigenvalue weighted by Crippen LogP contribution is 2.32. The van der Waals surface area contributed by atoms with E-state index >= 15 is 0 Å². The Morgan fingerprint density at radius 1 is 1.47 bits per heavy atom. The lowest BCUT2D eigenvalue weighted by Crippen LogP contribution is -2.14. The number of amidine groups is 1. The molecule has 0 aliphatic heterocycles.